The molecule has 0 saturated carbocycles. The first kappa shape index (κ1) is 19.7. The van der Waals surface area contributed by atoms with Crippen LogP contribution < -0.4 is 10.2 Å². The summed E-state index contributed by atoms with van der Waals surface area (Å²) < 4.78 is 16.5. The van der Waals surface area contributed by atoms with Crippen LogP contribution in [-0.4, -0.2) is 35.1 Å². The number of halogens is 1. The SMILES string of the molecule is CN1C(=O)C(NC(=O)c2cc3ccccn3c2)N=C(c2ccccc2F)c2ccccc21. The first-order chi connectivity index (χ1) is 15.5. The number of hydrogen-bond acceptors (Lipinski definition) is 3. The number of fused-ring (bicyclic) bond motifs is 2. The van der Waals surface area contributed by atoms with Gasteiger partial charge in [0, 0.05) is 36.1 Å². The van der Waals surface area contributed by atoms with Crippen molar-refractivity contribution in [1.29, 1.82) is 0 Å². The topological polar surface area (TPSA) is 66.2 Å². The van der Waals surface area contributed by atoms with Crippen LogP contribution in [0.15, 0.2) is 90.2 Å². The molecule has 0 saturated heterocycles. The molecule has 1 unspecified atom stereocenters. The maximum Gasteiger partial charge on any atom is 0.272 e. The Bertz CT molecular complexity index is 1360. The Labute approximate surface area is 183 Å². The highest BCUT2D eigenvalue weighted by molar-refractivity contribution is 6.20. The second kappa shape index (κ2) is 7.77. The van der Waals surface area contributed by atoms with Gasteiger partial charge in [0.05, 0.1) is 17.0 Å². The second-order valence-corrected chi connectivity index (χ2v) is 7.51. The molecule has 2 aromatic carbocycles. The third-order valence-electron chi connectivity index (χ3n) is 5.51. The maximum atomic E-state index is 14.7. The summed E-state index contributed by atoms with van der Waals surface area (Å²) >= 11 is 0. The third kappa shape index (κ3) is 3.33. The molecule has 2 aromatic heterocycles. The lowest BCUT2D eigenvalue weighted by atomic mass is 10.00. The lowest BCUT2D eigenvalue weighted by Crippen LogP contribution is -2.46. The summed E-state index contributed by atoms with van der Waals surface area (Å²) in [4.78, 5) is 32.2. The number of carbonyl (C=O) groups excluding carboxylic acids is 2. The number of aliphatic imine (C=N–C) groups is 1. The number of nitrogens with one attached hydrogen (secondary N) is 1. The minimum absolute atomic E-state index is 0.261. The highest BCUT2D eigenvalue weighted by Crippen LogP contribution is 2.28. The van der Waals surface area contributed by atoms with E-state index in [1.54, 1.807) is 61.8 Å². The molecule has 32 heavy (non-hydrogen) atoms. The molecule has 1 aliphatic heterocycles. The van der Waals surface area contributed by atoms with E-state index in [2.05, 4.69) is 10.3 Å². The highest BCUT2D eigenvalue weighted by atomic mass is 19.1. The lowest BCUT2D eigenvalue weighted by Gasteiger charge is -2.20. The fourth-order valence-corrected chi connectivity index (χ4v) is 3.87. The zero-order valence-electron chi connectivity index (χ0n) is 17.2. The van der Waals surface area contributed by atoms with Gasteiger partial charge in [-0.15, -0.1) is 0 Å². The van der Waals surface area contributed by atoms with E-state index in [1.165, 1.54) is 11.0 Å². The molecule has 0 aliphatic carbocycles. The lowest BCUT2D eigenvalue weighted by molar-refractivity contribution is -0.119. The third-order valence-corrected chi connectivity index (χ3v) is 5.51. The van der Waals surface area contributed by atoms with Gasteiger partial charge in [0.1, 0.15) is 5.82 Å². The standard InChI is InChI=1S/C25H19FN4O2/c1-29-21-12-5-3-10-19(21)22(18-9-2-4-11-20(18)26)27-23(25(29)32)28-24(31)16-14-17-8-6-7-13-30(17)15-16/h2-15,23H,1H3,(H,28,31). The summed E-state index contributed by atoms with van der Waals surface area (Å²) in [6.07, 6.45) is 2.31. The first-order valence-electron chi connectivity index (χ1n) is 10.1. The van der Waals surface area contributed by atoms with Crippen LogP contribution >= 0.6 is 0 Å². The van der Waals surface area contributed by atoms with Crippen molar-refractivity contribution >= 4 is 28.7 Å². The predicted octanol–water partition coefficient (Wildman–Crippen LogP) is 3.65. The van der Waals surface area contributed by atoms with Gasteiger partial charge in [0.2, 0.25) is 6.17 Å². The van der Waals surface area contributed by atoms with Crippen molar-refractivity contribution in [3.63, 3.8) is 0 Å². The van der Waals surface area contributed by atoms with E-state index >= 15 is 0 Å². The molecule has 6 nitrogen and oxygen atoms in total. The van der Waals surface area contributed by atoms with E-state index in [1.807, 2.05) is 28.8 Å². The number of rotatable bonds is 3. The minimum atomic E-state index is -1.21. The summed E-state index contributed by atoms with van der Waals surface area (Å²) in [5, 5.41) is 2.72. The molecule has 1 aliphatic rings. The van der Waals surface area contributed by atoms with Gasteiger partial charge in [0.15, 0.2) is 0 Å². The van der Waals surface area contributed by atoms with Crippen LogP contribution in [0.5, 0.6) is 0 Å². The zero-order valence-corrected chi connectivity index (χ0v) is 17.2. The molecule has 1 atom stereocenters. The average molecular weight is 426 g/mol. The molecule has 3 heterocycles. The molecule has 4 aromatic rings. The smallest absolute Gasteiger partial charge is 0.272 e. The Morgan fingerprint density at radius 2 is 1.72 bits per heavy atom. The number of anilines is 1. The van der Waals surface area contributed by atoms with Gasteiger partial charge in [-0.3, -0.25) is 9.59 Å². The maximum absolute atomic E-state index is 14.7. The number of benzene rings is 2. The fourth-order valence-electron chi connectivity index (χ4n) is 3.87. The molecular formula is C25H19FN4O2. The van der Waals surface area contributed by atoms with E-state index in [4.69, 9.17) is 0 Å². The Kier molecular flexibility index (Phi) is 4.78. The molecule has 0 bridgehead atoms. The van der Waals surface area contributed by atoms with E-state index < -0.39 is 23.8 Å². The number of para-hydroxylation sites is 1. The van der Waals surface area contributed by atoms with Crippen LogP contribution in [0.2, 0.25) is 0 Å². The van der Waals surface area contributed by atoms with E-state index in [0.717, 1.165) is 5.52 Å². The Hall–Kier alpha value is -4.26. The zero-order chi connectivity index (χ0) is 22.2. The molecule has 5 rings (SSSR count). The van der Waals surface area contributed by atoms with Crippen molar-refractivity contribution in [1.82, 2.24) is 9.72 Å². The largest absolute Gasteiger partial charge is 0.323 e. The van der Waals surface area contributed by atoms with Crippen molar-refractivity contribution in [2.45, 2.75) is 6.17 Å². The summed E-state index contributed by atoms with van der Waals surface area (Å²) in [6.45, 7) is 0. The number of amides is 2. The number of likely N-dealkylation sites (N-methyl/N-ethyl adjacent to an activating group) is 1. The van der Waals surface area contributed by atoms with Crippen molar-refractivity contribution in [3.05, 3.63) is 108 Å². The summed E-state index contributed by atoms with van der Waals surface area (Å²) in [6, 6.07) is 20.8. The van der Waals surface area contributed by atoms with Gasteiger partial charge < -0.3 is 14.6 Å². The van der Waals surface area contributed by atoms with Crippen LogP contribution in [0.1, 0.15) is 21.5 Å². The van der Waals surface area contributed by atoms with Crippen molar-refractivity contribution in [2.24, 2.45) is 4.99 Å². The predicted molar refractivity (Wildman–Crippen MR) is 121 cm³/mol. The Morgan fingerprint density at radius 3 is 2.50 bits per heavy atom. The van der Waals surface area contributed by atoms with Crippen molar-refractivity contribution in [2.75, 3.05) is 11.9 Å². The van der Waals surface area contributed by atoms with Crippen LogP contribution in [0.3, 0.4) is 0 Å². The molecule has 7 heteroatoms. The molecule has 158 valence electrons. The minimum Gasteiger partial charge on any atom is -0.323 e. The Balaban J connectivity index is 1.58. The summed E-state index contributed by atoms with van der Waals surface area (Å²) in [5.74, 6) is -1.31. The molecule has 0 spiro atoms. The average Bonchev–Trinajstić information content (AvgIpc) is 3.22. The van der Waals surface area contributed by atoms with Crippen molar-refractivity contribution < 1.29 is 14.0 Å². The number of hydrogen-bond donors (Lipinski definition) is 1. The molecule has 2 amide bonds. The van der Waals surface area contributed by atoms with Crippen LogP contribution in [-0.2, 0) is 4.79 Å². The summed E-state index contributed by atoms with van der Waals surface area (Å²) in [7, 11) is 1.62. The van der Waals surface area contributed by atoms with Gasteiger partial charge >= 0.3 is 0 Å². The van der Waals surface area contributed by atoms with Crippen LogP contribution in [0, 0.1) is 5.82 Å². The fraction of sp³-hybridized carbons (Fsp3) is 0.0800. The number of nitrogens with zero attached hydrogens (tertiary/aromatic N) is 3. The Morgan fingerprint density at radius 1 is 1.00 bits per heavy atom. The number of pyridine rings is 1. The quantitative estimate of drug-likeness (QED) is 0.544. The van der Waals surface area contributed by atoms with Gasteiger partial charge in [0.25, 0.3) is 11.8 Å². The molecule has 0 radical (unpaired) electrons. The number of aromatic nitrogens is 1. The second-order valence-electron chi connectivity index (χ2n) is 7.51. The van der Waals surface area contributed by atoms with Crippen molar-refractivity contribution in [3.8, 4) is 0 Å². The van der Waals surface area contributed by atoms with E-state index in [9.17, 15) is 14.0 Å². The normalized spacial score (nSPS) is 15.8. The summed E-state index contributed by atoms with van der Waals surface area (Å²) in [5.41, 5.74) is 3.02. The van der Waals surface area contributed by atoms with E-state index in [0.29, 0.717) is 22.5 Å². The monoisotopic (exact) mass is 426 g/mol. The number of benzodiazepines with no additional fused rings is 1. The van der Waals surface area contributed by atoms with Gasteiger partial charge in [-0.25, -0.2) is 9.38 Å². The van der Waals surface area contributed by atoms with Gasteiger partial charge in [-0.1, -0.05) is 36.4 Å². The van der Waals surface area contributed by atoms with E-state index in [-0.39, 0.29) is 5.56 Å². The van der Waals surface area contributed by atoms with Crippen LogP contribution in [0.4, 0.5) is 10.1 Å². The number of carbonyl (C=O) groups is 2. The molecule has 1 N–H and O–H groups in total. The highest BCUT2D eigenvalue weighted by Gasteiger charge is 2.32. The molecule has 0 fully saturated rings. The molecular weight excluding hydrogens is 407 g/mol. The van der Waals surface area contributed by atoms with Crippen LogP contribution in [0.25, 0.3) is 5.52 Å². The van der Waals surface area contributed by atoms with Gasteiger partial charge in [-0.2, -0.15) is 0 Å². The van der Waals surface area contributed by atoms with Gasteiger partial charge in [-0.05, 0) is 36.4 Å². The first-order valence-corrected chi connectivity index (χ1v) is 10.1.